The van der Waals surface area contributed by atoms with Crippen LogP contribution >= 0.6 is 0 Å². The molecule has 5 N–H and O–H groups in total. The number of hydrogen-bond acceptors (Lipinski definition) is 5. The van der Waals surface area contributed by atoms with E-state index in [0.717, 1.165) is 0 Å². The predicted molar refractivity (Wildman–Crippen MR) is 93.7 cm³/mol. The quantitative estimate of drug-likeness (QED) is 0.624. The molecule has 0 aromatic heterocycles. The molecule has 0 aliphatic carbocycles. The van der Waals surface area contributed by atoms with Gasteiger partial charge in [0.1, 0.15) is 0 Å². The van der Waals surface area contributed by atoms with Gasteiger partial charge in [-0.2, -0.15) is 0 Å². The Bertz CT molecular complexity index is 844. The average molecular weight is 358 g/mol. The summed E-state index contributed by atoms with van der Waals surface area (Å²) in [6.07, 6.45) is -0.228. The van der Waals surface area contributed by atoms with Gasteiger partial charge in [-0.15, -0.1) is 0 Å². The zero-order valence-corrected chi connectivity index (χ0v) is 14.1. The lowest BCUT2D eigenvalue weighted by Gasteiger charge is -2.15. The number of aromatic hydroxyl groups is 1. The summed E-state index contributed by atoms with van der Waals surface area (Å²) in [4.78, 5) is 35.5. The lowest BCUT2D eigenvalue weighted by atomic mass is 10.1. The van der Waals surface area contributed by atoms with Gasteiger partial charge in [0.2, 0.25) is 0 Å². The summed E-state index contributed by atoms with van der Waals surface area (Å²) in [7, 11) is 0. The first kappa shape index (κ1) is 18.8. The van der Waals surface area contributed by atoms with E-state index in [-0.39, 0.29) is 34.2 Å². The highest BCUT2D eigenvalue weighted by Crippen LogP contribution is 2.32. The van der Waals surface area contributed by atoms with Crippen molar-refractivity contribution in [1.29, 1.82) is 0 Å². The van der Waals surface area contributed by atoms with Crippen molar-refractivity contribution in [3.05, 3.63) is 53.1 Å². The van der Waals surface area contributed by atoms with Crippen LogP contribution in [-0.2, 0) is 0 Å². The van der Waals surface area contributed by atoms with Gasteiger partial charge in [-0.3, -0.25) is 9.59 Å². The summed E-state index contributed by atoms with van der Waals surface area (Å²) in [5.74, 6) is -3.34. The zero-order valence-electron chi connectivity index (χ0n) is 14.1. The number of carbonyl (C=O) groups is 3. The lowest BCUT2D eigenvalue weighted by Crippen LogP contribution is -2.21. The number of hydrogen-bond donors (Lipinski definition) is 4. The molecule has 0 heterocycles. The number of nitrogens with two attached hydrogens (primary N) is 1. The number of aromatic carboxylic acids is 1. The zero-order chi connectivity index (χ0) is 19.4. The summed E-state index contributed by atoms with van der Waals surface area (Å²) >= 11 is 0. The van der Waals surface area contributed by atoms with E-state index < -0.39 is 23.5 Å². The van der Waals surface area contributed by atoms with E-state index in [0.29, 0.717) is 0 Å². The Morgan fingerprint density at radius 3 is 2.19 bits per heavy atom. The molecule has 0 saturated carbocycles. The van der Waals surface area contributed by atoms with E-state index in [1.54, 1.807) is 13.8 Å². The van der Waals surface area contributed by atoms with Crippen molar-refractivity contribution in [2.75, 3.05) is 5.32 Å². The molecule has 8 heteroatoms. The maximum absolute atomic E-state index is 12.6. The van der Waals surface area contributed by atoms with Crippen LogP contribution in [0.3, 0.4) is 0 Å². The molecule has 0 fully saturated rings. The van der Waals surface area contributed by atoms with E-state index in [1.807, 2.05) is 0 Å². The molecule has 2 rings (SSSR count). The smallest absolute Gasteiger partial charge is 0.337 e. The van der Waals surface area contributed by atoms with Crippen molar-refractivity contribution in [1.82, 2.24) is 0 Å². The number of amides is 2. The molecule has 0 spiro atoms. The Hall–Kier alpha value is -3.55. The first-order valence-corrected chi connectivity index (χ1v) is 7.68. The van der Waals surface area contributed by atoms with Crippen LogP contribution < -0.4 is 15.8 Å². The van der Waals surface area contributed by atoms with Crippen LogP contribution in [-0.4, -0.2) is 34.1 Å². The summed E-state index contributed by atoms with van der Waals surface area (Å²) < 4.78 is 5.41. The molecule has 8 nitrogen and oxygen atoms in total. The van der Waals surface area contributed by atoms with Crippen LogP contribution in [0.5, 0.6) is 11.5 Å². The van der Waals surface area contributed by atoms with Gasteiger partial charge in [0.25, 0.3) is 11.8 Å². The predicted octanol–water partition coefficient (Wildman–Crippen LogP) is 2.23. The third kappa shape index (κ3) is 3.92. The van der Waals surface area contributed by atoms with Crippen molar-refractivity contribution in [3.8, 4) is 11.5 Å². The number of carboxylic acid groups (broad SMARTS) is 1. The SMILES string of the molecule is CC(C)Oc1cccc(C(=O)Nc2c(C(N)=O)cccc2C(=O)O)c1O. The summed E-state index contributed by atoms with van der Waals surface area (Å²) in [5, 5.41) is 21.9. The number of phenolic OH excluding ortho intramolecular Hbond substituents is 1. The monoisotopic (exact) mass is 358 g/mol. The fraction of sp³-hybridized carbons (Fsp3) is 0.167. The van der Waals surface area contributed by atoms with Crippen molar-refractivity contribution in [2.45, 2.75) is 20.0 Å². The molecule has 0 bridgehead atoms. The maximum atomic E-state index is 12.6. The van der Waals surface area contributed by atoms with Crippen LogP contribution in [0.25, 0.3) is 0 Å². The summed E-state index contributed by atoms with van der Waals surface area (Å²) in [6.45, 7) is 3.52. The van der Waals surface area contributed by atoms with Gasteiger partial charge in [0.05, 0.1) is 28.5 Å². The van der Waals surface area contributed by atoms with Crippen LogP contribution in [0.1, 0.15) is 44.9 Å². The standard InChI is InChI=1S/C18H18N2O6/c1-9(2)26-13-8-4-7-12(15(13)21)17(23)20-14-10(16(19)22)5-3-6-11(14)18(24)25/h3-9,21H,1-2H3,(H2,19,22)(H,20,23)(H,24,25). The maximum Gasteiger partial charge on any atom is 0.337 e. The number of para-hydroxylation sites is 2. The van der Waals surface area contributed by atoms with Gasteiger partial charge in [-0.1, -0.05) is 12.1 Å². The number of carboxylic acids is 1. The number of primary amides is 1. The van der Waals surface area contributed by atoms with Gasteiger partial charge in [-0.25, -0.2) is 4.79 Å². The third-order valence-corrected chi connectivity index (χ3v) is 3.41. The first-order valence-electron chi connectivity index (χ1n) is 7.68. The topological polar surface area (TPSA) is 139 Å². The summed E-state index contributed by atoms with van der Waals surface area (Å²) in [6, 6.07) is 8.20. The number of nitrogens with one attached hydrogen (secondary N) is 1. The Labute approximate surface area is 149 Å². The van der Waals surface area contributed by atoms with Gasteiger partial charge < -0.3 is 26.0 Å². The Morgan fingerprint density at radius 2 is 1.62 bits per heavy atom. The molecule has 2 amide bonds. The molecule has 0 radical (unpaired) electrons. The van der Waals surface area contributed by atoms with E-state index in [9.17, 15) is 24.6 Å². The normalized spacial score (nSPS) is 10.4. The van der Waals surface area contributed by atoms with Gasteiger partial charge in [-0.05, 0) is 38.1 Å². The molecule has 2 aromatic carbocycles. The van der Waals surface area contributed by atoms with Crippen molar-refractivity contribution >= 4 is 23.5 Å². The minimum Gasteiger partial charge on any atom is -0.504 e. The largest absolute Gasteiger partial charge is 0.504 e. The van der Waals surface area contributed by atoms with Crippen LogP contribution in [0.15, 0.2) is 36.4 Å². The molecule has 0 unspecified atom stereocenters. The number of ether oxygens (including phenoxy) is 1. The van der Waals surface area contributed by atoms with E-state index in [4.69, 9.17) is 10.5 Å². The molecular formula is C18H18N2O6. The molecule has 0 aliphatic rings. The van der Waals surface area contributed by atoms with Gasteiger partial charge in [0.15, 0.2) is 11.5 Å². The first-order chi connectivity index (χ1) is 12.2. The Balaban J connectivity index is 2.46. The molecule has 2 aromatic rings. The second-order valence-corrected chi connectivity index (χ2v) is 5.67. The van der Waals surface area contributed by atoms with Crippen molar-refractivity contribution < 1.29 is 29.3 Å². The van der Waals surface area contributed by atoms with E-state index in [1.165, 1.54) is 36.4 Å². The minimum absolute atomic E-state index is 0.106. The number of carbonyl (C=O) groups excluding carboxylic acids is 2. The van der Waals surface area contributed by atoms with E-state index in [2.05, 4.69) is 5.32 Å². The molecule has 0 aliphatic heterocycles. The number of rotatable bonds is 6. The van der Waals surface area contributed by atoms with Crippen molar-refractivity contribution in [2.24, 2.45) is 5.73 Å². The van der Waals surface area contributed by atoms with Crippen LogP contribution in [0.2, 0.25) is 0 Å². The second-order valence-electron chi connectivity index (χ2n) is 5.67. The Kier molecular flexibility index (Phi) is 5.46. The molecule has 136 valence electrons. The fourth-order valence-electron chi connectivity index (χ4n) is 2.31. The highest BCUT2D eigenvalue weighted by Gasteiger charge is 2.22. The highest BCUT2D eigenvalue weighted by atomic mass is 16.5. The van der Waals surface area contributed by atoms with E-state index >= 15 is 0 Å². The number of anilines is 1. The number of benzene rings is 2. The van der Waals surface area contributed by atoms with Gasteiger partial charge in [0, 0.05) is 0 Å². The highest BCUT2D eigenvalue weighted by molar-refractivity contribution is 6.13. The second kappa shape index (κ2) is 7.56. The number of phenols is 1. The van der Waals surface area contributed by atoms with Crippen molar-refractivity contribution in [3.63, 3.8) is 0 Å². The third-order valence-electron chi connectivity index (χ3n) is 3.41. The molecule has 0 atom stereocenters. The van der Waals surface area contributed by atoms with Crippen LogP contribution in [0.4, 0.5) is 5.69 Å². The summed E-state index contributed by atoms with van der Waals surface area (Å²) in [5.41, 5.74) is 4.41. The molecule has 26 heavy (non-hydrogen) atoms. The van der Waals surface area contributed by atoms with Crippen LogP contribution in [0, 0.1) is 0 Å². The molecule has 0 saturated heterocycles. The average Bonchev–Trinajstić information content (AvgIpc) is 2.56. The fourth-order valence-corrected chi connectivity index (χ4v) is 2.31. The Morgan fingerprint density at radius 1 is 1.04 bits per heavy atom. The minimum atomic E-state index is -1.34. The van der Waals surface area contributed by atoms with Gasteiger partial charge >= 0.3 is 5.97 Å². The molecular weight excluding hydrogens is 340 g/mol. The lowest BCUT2D eigenvalue weighted by molar-refractivity contribution is 0.0698.